The van der Waals surface area contributed by atoms with Gasteiger partial charge in [0.05, 0.1) is 23.9 Å². The molecule has 1 aliphatic rings. The summed E-state index contributed by atoms with van der Waals surface area (Å²) in [6.07, 6.45) is 0.655. The molecule has 0 saturated carbocycles. The van der Waals surface area contributed by atoms with Crippen molar-refractivity contribution in [1.82, 2.24) is 9.55 Å². The van der Waals surface area contributed by atoms with E-state index in [1.54, 1.807) is 4.57 Å². The van der Waals surface area contributed by atoms with Gasteiger partial charge >= 0.3 is 5.97 Å². The molecule has 1 unspecified atom stereocenters. The molecule has 112 valence electrons. The van der Waals surface area contributed by atoms with Gasteiger partial charge in [-0.2, -0.15) is 0 Å². The standard InChI is InChI=1S/C13H12F2N2O3S/c14-8-1-2-9-12(11(8)15)17(7-3-4-20-5-7)13(16-9)21-6-10(18)19/h1-2,7H,3-6H2,(H,18,19). The average Bonchev–Trinajstić information content (AvgIpc) is 3.07. The number of aliphatic carboxylic acids is 1. The van der Waals surface area contributed by atoms with Crippen LogP contribution >= 0.6 is 11.8 Å². The summed E-state index contributed by atoms with van der Waals surface area (Å²) in [4.78, 5) is 15.0. The maximum atomic E-state index is 14.1. The first-order chi connectivity index (χ1) is 10.1. The van der Waals surface area contributed by atoms with Crippen LogP contribution in [0.5, 0.6) is 0 Å². The summed E-state index contributed by atoms with van der Waals surface area (Å²) >= 11 is 0.990. The molecule has 1 aliphatic heterocycles. The maximum absolute atomic E-state index is 14.1. The number of carboxylic acids is 1. The molecule has 8 heteroatoms. The largest absolute Gasteiger partial charge is 0.481 e. The number of rotatable bonds is 4. The van der Waals surface area contributed by atoms with Crippen LogP contribution in [-0.2, 0) is 9.53 Å². The molecule has 0 spiro atoms. The van der Waals surface area contributed by atoms with E-state index in [1.807, 2.05) is 0 Å². The van der Waals surface area contributed by atoms with Gasteiger partial charge in [0.2, 0.25) is 0 Å². The molecular formula is C13H12F2N2O3S. The number of fused-ring (bicyclic) bond motifs is 1. The Kier molecular flexibility index (Phi) is 3.81. The molecule has 3 rings (SSSR count). The predicted molar refractivity (Wildman–Crippen MR) is 72.5 cm³/mol. The number of nitrogens with zero attached hydrogens (tertiary/aromatic N) is 2. The van der Waals surface area contributed by atoms with Crippen LogP contribution in [0.3, 0.4) is 0 Å². The minimum absolute atomic E-state index is 0.0680. The number of imidazole rings is 1. The van der Waals surface area contributed by atoms with Crippen molar-refractivity contribution in [1.29, 1.82) is 0 Å². The monoisotopic (exact) mass is 314 g/mol. The number of carbonyl (C=O) groups is 1. The average molecular weight is 314 g/mol. The normalized spacial score (nSPS) is 18.5. The molecule has 2 aromatic rings. The molecule has 1 aromatic carbocycles. The molecule has 2 heterocycles. The summed E-state index contributed by atoms with van der Waals surface area (Å²) in [5.74, 6) is -3.10. The zero-order chi connectivity index (χ0) is 15.0. The maximum Gasteiger partial charge on any atom is 0.313 e. The van der Waals surface area contributed by atoms with Gasteiger partial charge in [-0.3, -0.25) is 4.79 Å². The van der Waals surface area contributed by atoms with Crippen LogP contribution in [-0.4, -0.2) is 39.6 Å². The molecule has 1 atom stereocenters. The summed E-state index contributed by atoms with van der Waals surface area (Å²) in [5, 5.41) is 9.16. The Labute approximate surface area is 122 Å². The lowest BCUT2D eigenvalue weighted by molar-refractivity contribution is -0.133. The van der Waals surface area contributed by atoms with Gasteiger partial charge in [0.15, 0.2) is 16.8 Å². The summed E-state index contributed by atoms with van der Waals surface area (Å²) in [5.41, 5.74) is 0.382. The number of hydrogen-bond donors (Lipinski definition) is 1. The third kappa shape index (κ3) is 2.60. The van der Waals surface area contributed by atoms with E-state index < -0.39 is 17.6 Å². The Morgan fingerprint density at radius 1 is 1.52 bits per heavy atom. The number of carboxylic acid groups (broad SMARTS) is 1. The van der Waals surface area contributed by atoms with Crippen molar-refractivity contribution < 1.29 is 23.4 Å². The SMILES string of the molecule is O=C(O)CSc1nc2ccc(F)c(F)c2n1C1CCOC1. The Hall–Kier alpha value is -1.67. The van der Waals surface area contributed by atoms with Crippen molar-refractivity contribution in [3.63, 3.8) is 0 Å². The van der Waals surface area contributed by atoms with E-state index in [9.17, 15) is 13.6 Å². The first-order valence-electron chi connectivity index (χ1n) is 6.36. The summed E-state index contributed by atoms with van der Waals surface area (Å²) < 4.78 is 34.5. The van der Waals surface area contributed by atoms with Crippen LogP contribution in [0.2, 0.25) is 0 Å². The van der Waals surface area contributed by atoms with Crippen LogP contribution in [0.25, 0.3) is 11.0 Å². The van der Waals surface area contributed by atoms with Crippen LogP contribution < -0.4 is 0 Å². The van der Waals surface area contributed by atoms with Crippen LogP contribution in [0.4, 0.5) is 8.78 Å². The number of thioether (sulfide) groups is 1. The smallest absolute Gasteiger partial charge is 0.313 e. The van der Waals surface area contributed by atoms with Gasteiger partial charge in [0.25, 0.3) is 0 Å². The van der Waals surface area contributed by atoms with Crippen LogP contribution in [0, 0.1) is 11.6 Å². The number of benzene rings is 1. The number of halogens is 2. The molecule has 21 heavy (non-hydrogen) atoms. The number of aromatic nitrogens is 2. The summed E-state index contributed by atoms with van der Waals surface area (Å²) in [6.45, 7) is 0.909. The lowest BCUT2D eigenvalue weighted by Crippen LogP contribution is -2.12. The minimum Gasteiger partial charge on any atom is -0.481 e. The Morgan fingerprint density at radius 2 is 2.33 bits per heavy atom. The zero-order valence-corrected chi connectivity index (χ0v) is 11.7. The van der Waals surface area contributed by atoms with E-state index in [1.165, 1.54) is 6.07 Å². The number of hydrogen-bond acceptors (Lipinski definition) is 4. The topological polar surface area (TPSA) is 64.3 Å². The second kappa shape index (κ2) is 5.61. The van der Waals surface area contributed by atoms with Crippen molar-refractivity contribution in [3.05, 3.63) is 23.8 Å². The second-order valence-corrected chi connectivity index (χ2v) is 5.64. The molecule has 1 aromatic heterocycles. The van der Waals surface area contributed by atoms with Crippen molar-refractivity contribution in [2.24, 2.45) is 0 Å². The highest BCUT2D eigenvalue weighted by Gasteiger charge is 2.26. The lowest BCUT2D eigenvalue weighted by Gasteiger charge is -2.14. The lowest BCUT2D eigenvalue weighted by atomic mass is 10.2. The van der Waals surface area contributed by atoms with Gasteiger partial charge < -0.3 is 14.4 Å². The quantitative estimate of drug-likeness (QED) is 0.878. The fourth-order valence-corrected chi connectivity index (χ4v) is 3.19. The Morgan fingerprint density at radius 3 is 3.00 bits per heavy atom. The van der Waals surface area contributed by atoms with Crippen molar-refractivity contribution in [2.75, 3.05) is 19.0 Å². The van der Waals surface area contributed by atoms with E-state index in [4.69, 9.17) is 9.84 Å². The van der Waals surface area contributed by atoms with Gasteiger partial charge in [-0.15, -0.1) is 0 Å². The van der Waals surface area contributed by atoms with Gasteiger partial charge in [-0.25, -0.2) is 13.8 Å². The van der Waals surface area contributed by atoms with E-state index in [0.29, 0.717) is 30.3 Å². The fourth-order valence-electron chi connectivity index (χ4n) is 2.39. The Balaban J connectivity index is 2.14. The highest BCUT2D eigenvalue weighted by Crippen LogP contribution is 2.33. The van der Waals surface area contributed by atoms with Gasteiger partial charge in [-0.05, 0) is 18.6 Å². The molecule has 0 amide bonds. The zero-order valence-electron chi connectivity index (χ0n) is 10.9. The molecule has 1 N–H and O–H groups in total. The predicted octanol–water partition coefficient (Wildman–Crippen LogP) is 2.45. The molecule has 0 aliphatic carbocycles. The van der Waals surface area contributed by atoms with Crippen LogP contribution in [0.15, 0.2) is 17.3 Å². The molecule has 1 saturated heterocycles. The van der Waals surface area contributed by atoms with Crippen molar-refractivity contribution in [2.45, 2.75) is 17.6 Å². The van der Waals surface area contributed by atoms with Crippen molar-refractivity contribution >= 4 is 28.8 Å². The first-order valence-corrected chi connectivity index (χ1v) is 7.34. The highest BCUT2D eigenvalue weighted by molar-refractivity contribution is 7.99. The number of ether oxygens (including phenoxy) is 1. The highest BCUT2D eigenvalue weighted by atomic mass is 32.2. The first kappa shape index (κ1) is 14.3. The third-order valence-corrected chi connectivity index (χ3v) is 4.24. The molecule has 0 radical (unpaired) electrons. The van der Waals surface area contributed by atoms with Crippen LogP contribution in [0.1, 0.15) is 12.5 Å². The van der Waals surface area contributed by atoms with Crippen molar-refractivity contribution in [3.8, 4) is 0 Å². The summed E-state index contributed by atoms with van der Waals surface area (Å²) in [7, 11) is 0. The molecule has 1 fully saturated rings. The minimum atomic E-state index is -0.993. The Bertz CT molecular complexity index is 698. The van der Waals surface area contributed by atoms with E-state index in [0.717, 1.165) is 17.8 Å². The second-order valence-electron chi connectivity index (χ2n) is 4.69. The van der Waals surface area contributed by atoms with E-state index >= 15 is 0 Å². The fraction of sp³-hybridized carbons (Fsp3) is 0.385. The van der Waals surface area contributed by atoms with E-state index in [2.05, 4.69) is 4.98 Å². The van der Waals surface area contributed by atoms with Gasteiger partial charge in [-0.1, -0.05) is 11.8 Å². The molecule has 5 nitrogen and oxygen atoms in total. The molecular weight excluding hydrogens is 302 g/mol. The summed E-state index contributed by atoms with van der Waals surface area (Å²) in [6, 6.07) is 2.25. The van der Waals surface area contributed by atoms with Gasteiger partial charge in [0, 0.05) is 6.61 Å². The third-order valence-electron chi connectivity index (χ3n) is 3.31. The molecule has 0 bridgehead atoms. The van der Waals surface area contributed by atoms with E-state index in [-0.39, 0.29) is 17.3 Å². The van der Waals surface area contributed by atoms with Gasteiger partial charge in [0.1, 0.15) is 5.52 Å².